The third kappa shape index (κ3) is 2.57. The van der Waals surface area contributed by atoms with Crippen molar-refractivity contribution in [3.8, 4) is 0 Å². The first-order valence-corrected chi connectivity index (χ1v) is 7.24. The summed E-state index contributed by atoms with van der Waals surface area (Å²) in [6.07, 6.45) is 2.15. The molecule has 0 aliphatic carbocycles. The predicted molar refractivity (Wildman–Crippen MR) is 73.8 cm³/mol. The quantitative estimate of drug-likeness (QED) is 0.730. The van der Waals surface area contributed by atoms with Gasteiger partial charge in [0.05, 0.1) is 6.04 Å². The largest absolute Gasteiger partial charge is 0.320 e. The van der Waals surface area contributed by atoms with Crippen molar-refractivity contribution < 1.29 is 14.4 Å². The second kappa shape index (κ2) is 5.52. The Morgan fingerprint density at radius 3 is 2.30 bits per heavy atom. The molecule has 0 radical (unpaired) electrons. The van der Waals surface area contributed by atoms with Gasteiger partial charge in [-0.25, -0.2) is 0 Å². The van der Waals surface area contributed by atoms with Gasteiger partial charge in [0, 0.05) is 12.1 Å². The number of nitrogens with one attached hydrogen (secondary N) is 1. The Kier molecular flexibility index (Phi) is 4.13. The Balaban J connectivity index is 2.13. The summed E-state index contributed by atoms with van der Waals surface area (Å²) < 4.78 is 0. The summed E-state index contributed by atoms with van der Waals surface area (Å²) in [6, 6.07) is -0.179. The number of rotatable bonds is 2. The van der Waals surface area contributed by atoms with Crippen molar-refractivity contribution in [2.75, 3.05) is 6.54 Å². The van der Waals surface area contributed by atoms with Crippen LogP contribution >= 0.6 is 0 Å². The number of nitrogens with zero attached hydrogens (tertiary/aromatic N) is 2. The molecule has 0 aromatic heterocycles. The molecule has 0 saturated carbocycles. The van der Waals surface area contributed by atoms with E-state index in [2.05, 4.69) is 24.1 Å². The van der Waals surface area contributed by atoms with Gasteiger partial charge in [0.15, 0.2) is 0 Å². The lowest BCUT2D eigenvalue weighted by Crippen LogP contribution is -2.62. The van der Waals surface area contributed by atoms with E-state index in [-0.39, 0.29) is 18.5 Å². The molecule has 20 heavy (non-hydrogen) atoms. The van der Waals surface area contributed by atoms with Gasteiger partial charge in [-0.15, -0.1) is 0 Å². The molecular weight excluding hydrogens is 258 g/mol. The lowest BCUT2D eigenvalue weighted by atomic mass is 10.1. The van der Waals surface area contributed by atoms with E-state index in [1.807, 2.05) is 6.92 Å². The summed E-state index contributed by atoms with van der Waals surface area (Å²) in [5.41, 5.74) is 0. The molecule has 6 heteroatoms. The summed E-state index contributed by atoms with van der Waals surface area (Å²) in [4.78, 5) is 39.3. The van der Waals surface area contributed by atoms with Crippen LogP contribution in [-0.2, 0) is 14.4 Å². The average molecular weight is 281 g/mol. The van der Waals surface area contributed by atoms with Crippen LogP contribution in [0, 0.1) is 0 Å². The van der Waals surface area contributed by atoms with Crippen molar-refractivity contribution >= 4 is 17.7 Å². The van der Waals surface area contributed by atoms with Crippen LogP contribution in [0.5, 0.6) is 0 Å². The Morgan fingerprint density at radius 2 is 1.75 bits per heavy atom. The first kappa shape index (κ1) is 15.0. The molecule has 0 bridgehead atoms. The fraction of sp³-hybridized carbons (Fsp3) is 0.786. The summed E-state index contributed by atoms with van der Waals surface area (Å²) >= 11 is 0. The number of carbonyl (C=O) groups is 3. The Hall–Kier alpha value is -1.43. The van der Waals surface area contributed by atoms with E-state index in [0.29, 0.717) is 12.1 Å². The fourth-order valence-corrected chi connectivity index (χ4v) is 3.33. The van der Waals surface area contributed by atoms with Gasteiger partial charge in [0.2, 0.25) is 17.7 Å². The van der Waals surface area contributed by atoms with Gasteiger partial charge in [-0.2, -0.15) is 0 Å². The average Bonchev–Trinajstić information content (AvgIpc) is 2.72. The molecule has 2 rings (SSSR count). The number of amides is 3. The van der Waals surface area contributed by atoms with Gasteiger partial charge >= 0.3 is 0 Å². The Labute approximate surface area is 119 Å². The van der Waals surface area contributed by atoms with E-state index in [1.54, 1.807) is 6.92 Å². The number of likely N-dealkylation sites (tertiary alicyclic amines) is 1. The predicted octanol–water partition coefficient (Wildman–Crippen LogP) is 0.121. The second-order valence-corrected chi connectivity index (χ2v) is 5.95. The molecule has 4 atom stereocenters. The van der Waals surface area contributed by atoms with E-state index < -0.39 is 17.9 Å². The van der Waals surface area contributed by atoms with Crippen LogP contribution in [0.4, 0.5) is 0 Å². The smallest absolute Gasteiger partial charge is 0.249 e. The number of piperazine rings is 1. The van der Waals surface area contributed by atoms with E-state index in [4.69, 9.17) is 0 Å². The van der Waals surface area contributed by atoms with Crippen LogP contribution in [0.15, 0.2) is 0 Å². The Morgan fingerprint density at radius 1 is 1.20 bits per heavy atom. The normalized spacial score (nSPS) is 33.2. The molecule has 0 aromatic carbocycles. The van der Waals surface area contributed by atoms with Gasteiger partial charge < -0.3 is 4.90 Å². The zero-order valence-electron chi connectivity index (χ0n) is 12.5. The molecule has 6 nitrogen and oxygen atoms in total. The molecule has 2 saturated heterocycles. The zero-order valence-corrected chi connectivity index (χ0v) is 12.5. The van der Waals surface area contributed by atoms with Gasteiger partial charge in [0.1, 0.15) is 12.6 Å². The molecule has 2 aliphatic rings. The number of hydrogen-bond acceptors (Lipinski definition) is 4. The minimum Gasteiger partial charge on any atom is -0.320 e. The highest BCUT2D eigenvalue weighted by Gasteiger charge is 2.40. The molecule has 2 aliphatic heterocycles. The van der Waals surface area contributed by atoms with Gasteiger partial charge in [-0.3, -0.25) is 24.6 Å². The first-order chi connectivity index (χ1) is 9.32. The van der Waals surface area contributed by atoms with Crippen molar-refractivity contribution in [1.29, 1.82) is 0 Å². The van der Waals surface area contributed by atoms with Gasteiger partial charge in [-0.05, 0) is 40.5 Å². The van der Waals surface area contributed by atoms with Crippen LogP contribution in [0.2, 0.25) is 0 Å². The standard InChI is InChI=1S/C14H23N3O3/c1-8-5-6-9(2)17(8)11(4)14(20)16-7-12(18)15-13(19)10(16)3/h8-11H,5-7H2,1-4H3,(H,15,18,19). The topological polar surface area (TPSA) is 69.7 Å². The minimum atomic E-state index is -0.587. The van der Waals surface area contributed by atoms with E-state index >= 15 is 0 Å². The molecule has 0 spiro atoms. The minimum absolute atomic E-state index is 0.0350. The highest BCUT2D eigenvalue weighted by molar-refractivity contribution is 6.04. The summed E-state index contributed by atoms with van der Waals surface area (Å²) in [6.45, 7) is 7.72. The maximum absolute atomic E-state index is 12.6. The monoisotopic (exact) mass is 281 g/mol. The van der Waals surface area contributed by atoms with Crippen LogP contribution in [0.3, 0.4) is 0 Å². The highest BCUT2D eigenvalue weighted by atomic mass is 16.2. The van der Waals surface area contributed by atoms with Gasteiger partial charge in [-0.1, -0.05) is 0 Å². The molecule has 4 unspecified atom stereocenters. The summed E-state index contributed by atoms with van der Waals surface area (Å²) in [7, 11) is 0. The van der Waals surface area contributed by atoms with Crippen molar-refractivity contribution in [1.82, 2.24) is 15.1 Å². The van der Waals surface area contributed by atoms with Gasteiger partial charge in [0.25, 0.3) is 0 Å². The molecule has 1 N–H and O–H groups in total. The van der Waals surface area contributed by atoms with Crippen molar-refractivity contribution in [2.24, 2.45) is 0 Å². The molecular formula is C14H23N3O3. The van der Waals surface area contributed by atoms with E-state index in [9.17, 15) is 14.4 Å². The van der Waals surface area contributed by atoms with Crippen molar-refractivity contribution in [3.05, 3.63) is 0 Å². The second-order valence-electron chi connectivity index (χ2n) is 5.95. The first-order valence-electron chi connectivity index (χ1n) is 7.24. The van der Waals surface area contributed by atoms with Crippen LogP contribution in [-0.4, -0.2) is 58.2 Å². The maximum atomic E-state index is 12.6. The lowest BCUT2D eigenvalue weighted by molar-refractivity contribution is -0.152. The third-order valence-corrected chi connectivity index (χ3v) is 4.53. The number of carbonyl (C=O) groups excluding carboxylic acids is 3. The van der Waals surface area contributed by atoms with Crippen LogP contribution < -0.4 is 5.32 Å². The molecule has 2 heterocycles. The highest BCUT2D eigenvalue weighted by Crippen LogP contribution is 2.27. The Bertz CT molecular complexity index is 427. The fourth-order valence-electron chi connectivity index (χ4n) is 3.33. The molecule has 3 amide bonds. The zero-order chi connectivity index (χ0) is 15.0. The summed E-state index contributed by atoms with van der Waals surface area (Å²) in [5, 5.41) is 2.25. The van der Waals surface area contributed by atoms with Crippen molar-refractivity contribution in [3.63, 3.8) is 0 Å². The van der Waals surface area contributed by atoms with E-state index in [1.165, 1.54) is 4.90 Å². The number of imide groups is 1. The SMILES string of the molecule is CC1C(=O)NC(=O)CN1C(=O)C(C)N1C(C)CCC1C. The van der Waals surface area contributed by atoms with E-state index in [0.717, 1.165) is 12.8 Å². The van der Waals surface area contributed by atoms with Crippen LogP contribution in [0.1, 0.15) is 40.5 Å². The molecule has 2 fully saturated rings. The van der Waals surface area contributed by atoms with Crippen molar-refractivity contribution in [2.45, 2.75) is 64.7 Å². The number of hydrogen-bond donors (Lipinski definition) is 1. The summed E-state index contributed by atoms with van der Waals surface area (Å²) in [5.74, 6) is -0.943. The van der Waals surface area contributed by atoms with Crippen LogP contribution in [0.25, 0.3) is 0 Å². The maximum Gasteiger partial charge on any atom is 0.249 e. The molecule has 0 aromatic rings. The lowest BCUT2D eigenvalue weighted by Gasteiger charge is -2.38. The molecule has 112 valence electrons. The third-order valence-electron chi connectivity index (χ3n) is 4.53.